The van der Waals surface area contributed by atoms with Crippen LogP contribution in [0.25, 0.3) is 0 Å². The van der Waals surface area contributed by atoms with Gasteiger partial charge in [0.15, 0.2) is 23.3 Å². The number of halogens is 5. The third-order valence-corrected chi connectivity index (χ3v) is 3.17. The smallest absolute Gasteiger partial charge is 0.185 e. The molecule has 0 spiro atoms. The summed E-state index contributed by atoms with van der Waals surface area (Å²) in [6.07, 6.45) is 0. The van der Waals surface area contributed by atoms with Crippen molar-refractivity contribution in [3.63, 3.8) is 0 Å². The van der Waals surface area contributed by atoms with Crippen LogP contribution in [0.1, 0.15) is 24.1 Å². The molecule has 1 N–H and O–H groups in total. The summed E-state index contributed by atoms with van der Waals surface area (Å²) < 4.78 is 66.8. The summed E-state index contributed by atoms with van der Waals surface area (Å²) in [6.45, 7) is 3.06. The molecule has 112 valence electrons. The Morgan fingerprint density at radius 2 is 1.43 bits per heavy atom. The Kier molecular flexibility index (Phi) is 4.16. The van der Waals surface area contributed by atoms with E-state index in [2.05, 4.69) is 5.32 Å². The number of benzene rings is 2. The van der Waals surface area contributed by atoms with Crippen molar-refractivity contribution in [3.05, 3.63) is 64.5 Å². The van der Waals surface area contributed by atoms with E-state index in [9.17, 15) is 22.0 Å². The van der Waals surface area contributed by atoms with Crippen molar-refractivity contribution in [2.45, 2.75) is 19.9 Å². The first-order chi connectivity index (χ1) is 9.81. The van der Waals surface area contributed by atoms with Crippen LogP contribution in [-0.2, 0) is 0 Å². The van der Waals surface area contributed by atoms with E-state index in [1.807, 2.05) is 0 Å². The maximum absolute atomic E-state index is 13.5. The lowest BCUT2D eigenvalue weighted by Crippen LogP contribution is -2.12. The second-order valence-corrected chi connectivity index (χ2v) is 4.72. The third-order valence-electron chi connectivity index (χ3n) is 3.17. The zero-order valence-electron chi connectivity index (χ0n) is 11.3. The fourth-order valence-corrected chi connectivity index (χ4v) is 1.88. The molecule has 1 atom stereocenters. The largest absolute Gasteiger partial charge is 0.374 e. The zero-order chi connectivity index (χ0) is 15.7. The van der Waals surface area contributed by atoms with Crippen molar-refractivity contribution in [3.8, 4) is 0 Å². The van der Waals surface area contributed by atoms with Crippen molar-refractivity contribution in [1.82, 2.24) is 0 Å². The Morgan fingerprint density at radius 1 is 0.857 bits per heavy atom. The Balaban J connectivity index is 2.35. The molecule has 2 aromatic carbocycles. The first-order valence-electron chi connectivity index (χ1n) is 6.16. The third kappa shape index (κ3) is 2.99. The lowest BCUT2D eigenvalue weighted by Gasteiger charge is -2.17. The summed E-state index contributed by atoms with van der Waals surface area (Å²) in [6, 6.07) is 3.64. The Morgan fingerprint density at radius 3 is 1.95 bits per heavy atom. The first-order valence-corrected chi connectivity index (χ1v) is 6.16. The van der Waals surface area contributed by atoms with Gasteiger partial charge in [-0.05, 0) is 31.0 Å². The first kappa shape index (κ1) is 15.3. The van der Waals surface area contributed by atoms with Gasteiger partial charge in [-0.25, -0.2) is 22.0 Å². The van der Waals surface area contributed by atoms with Crippen LogP contribution >= 0.6 is 0 Å². The van der Waals surface area contributed by atoms with E-state index in [1.54, 1.807) is 13.0 Å². The molecule has 2 rings (SSSR count). The predicted molar refractivity (Wildman–Crippen MR) is 69.4 cm³/mol. The number of rotatable bonds is 3. The van der Waals surface area contributed by atoms with Gasteiger partial charge in [0, 0.05) is 12.1 Å². The second kappa shape index (κ2) is 5.71. The van der Waals surface area contributed by atoms with Crippen LogP contribution in [0.5, 0.6) is 0 Å². The maximum atomic E-state index is 13.5. The molecule has 0 aromatic heterocycles. The van der Waals surface area contributed by atoms with Crippen LogP contribution < -0.4 is 5.32 Å². The highest BCUT2D eigenvalue weighted by molar-refractivity contribution is 5.49. The van der Waals surface area contributed by atoms with Gasteiger partial charge in [-0.3, -0.25) is 0 Å². The summed E-state index contributed by atoms with van der Waals surface area (Å²) >= 11 is 0. The molecule has 1 nitrogen and oxygen atoms in total. The van der Waals surface area contributed by atoms with Gasteiger partial charge in [0.05, 0.1) is 0 Å². The molecule has 0 aliphatic heterocycles. The van der Waals surface area contributed by atoms with Gasteiger partial charge in [-0.15, -0.1) is 0 Å². The number of anilines is 1. The predicted octanol–water partition coefficient (Wildman–Crippen LogP) is 4.86. The van der Waals surface area contributed by atoms with E-state index in [0.717, 1.165) is 0 Å². The highest BCUT2D eigenvalue weighted by atomic mass is 19.2. The van der Waals surface area contributed by atoms with Crippen LogP contribution in [0.2, 0.25) is 0 Å². The van der Waals surface area contributed by atoms with Gasteiger partial charge in [0.25, 0.3) is 0 Å². The Hall–Kier alpha value is -2.11. The lowest BCUT2D eigenvalue weighted by atomic mass is 10.1. The number of nitrogens with one attached hydrogen (secondary N) is 1. The van der Waals surface area contributed by atoms with E-state index in [0.29, 0.717) is 11.1 Å². The molecule has 1 unspecified atom stereocenters. The number of hydrogen-bond acceptors (Lipinski definition) is 1. The van der Waals surface area contributed by atoms with Gasteiger partial charge in [-0.2, -0.15) is 0 Å². The Labute approximate surface area is 118 Å². The van der Waals surface area contributed by atoms with Crippen LogP contribution in [-0.4, -0.2) is 0 Å². The van der Waals surface area contributed by atoms with Crippen molar-refractivity contribution in [2.75, 3.05) is 5.32 Å². The highest BCUT2D eigenvalue weighted by Crippen LogP contribution is 2.28. The monoisotopic (exact) mass is 301 g/mol. The molecule has 0 radical (unpaired) electrons. The standard InChI is InChI=1S/C15H12F5N/c1-7-3-4-9(5-10(7)16)8(2)21-15-13(19)11(17)6-12(18)14(15)20/h3-6,8,21H,1-2H3. The van der Waals surface area contributed by atoms with E-state index in [1.165, 1.54) is 19.1 Å². The van der Waals surface area contributed by atoms with Crippen LogP contribution in [0.3, 0.4) is 0 Å². The average Bonchev–Trinajstić information content (AvgIpc) is 2.44. The SMILES string of the molecule is Cc1ccc(C(C)Nc2c(F)c(F)cc(F)c2F)cc1F. The van der Waals surface area contributed by atoms with Gasteiger partial charge in [0.1, 0.15) is 11.5 Å². The van der Waals surface area contributed by atoms with Crippen LogP contribution in [0.4, 0.5) is 27.6 Å². The molecule has 0 amide bonds. The van der Waals surface area contributed by atoms with Crippen LogP contribution in [0.15, 0.2) is 24.3 Å². The van der Waals surface area contributed by atoms with E-state index < -0.39 is 40.8 Å². The molecule has 0 saturated heterocycles. The fraction of sp³-hybridized carbons (Fsp3) is 0.200. The lowest BCUT2D eigenvalue weighted by molar-refractivity contribution is 0.457. The summed E-state index contributed by atoms with van der Waals surface area (Å²) in [5, 5.41) is 2.33. The zero-order valence-corrected chi connectivity index (χ0v) is 11.3. The summed E-state index contributed by atoms with van der Waals surface area (Å²) in [7, 11) is 0. The molecular formula is C15H12F5N. The highest BCUT2D eigenvalue weighted by Gasteiger charge is 2.21. The van der Waals surface area contributed by atoms with Gasteiger partial charge in [0.2, 0.25) is 0 Å². The van der Waals surface area contributed by atoms with Crippen molar-refractivity contribution in [1.29, 1.82) is 0 Å². The Bertz CT molecular complexity index is 658. The minimum absolute atomic E-state index is 0.131. The molecule has 2 aromatic rings. The minimum Gasteiger partial charge on any atom is -0.374 e. The molecule has 0 aliphatic carbocycles. The normalized spacial score (nSPS) is 12.3. The number of aryl methyl sites for hydroxylation is 1. The number of hydrogen-bond donors (Lipinski definition) is 1. The summed E-state index contributed by atoms with van der Waals surface area (Å²) in [4.78, 5) is 0. The molecule has 0 aliphatic rings. The molecule has 0 bridgehead atoms. The topological polar surface area (TPSA) is 12.0 Å². The average molecular weight is 301 g/mol. The van der Waals surface area contributed by atoms with Crippen molar-refractivity contribution in [2.24, 2.45) is 0 Å². The summed E-state index contributed by atoms with van der Waals surface area (Å²) in [5.74, 6) is -6.52. The van der Waals surface area contributed by atoms with Crippen molar-refractivity contribution >= 4 is 5.69 Å². The van der Waals surface area contributed by atoms with Crippen LogP contribution in [0, 0.1) is 36.0 Å². The van der Waals surface area contributed by atoms with Gasteiger partial charge < -0.3 is 5.32 Å². The second-order valence-electron chi connectivity index (χ2n) is 4.72. The van der Waals surface area contributed by atoms with E-state index >= 15 is 0 Å². The molecule has 21 heavy (non-hydrogen) atoms. The maximum Gasteiger partial charge on any atom is 0.185 e. The molecule has 0 fully saturated rings. The van der Waals surface area contributed by atoms with Crippen molar-refractivity contribution < 1.29 is 22.0 Å². The molecular weight excluding hydrogens is 289 g/mol. The molecule has 0 saturated carbocycles. The fourth-order valence-electron chi connectivity index (χ4n) is 1.88. The van der Waals surface area contributed by atoms with Gasteiger partial charge in [-0.1, -0.05) is 12.1 Å². The molecule has 6 heteroatoms. The van der Waals surface area contributed by atoms with E-state index in [-0.39, 0.29) is 6.07 Å². The van der Waals surface area contributed by atoms with Gasteiger partial charge >= 0.3 is 0 Å². The molecule has 0 heterocycles. The summed E-state index contributed by atoms with van der Waals surface area (Å²) in [5.41, 5.74) is -0.109. The van der Waals surface area contributed by atoms with E-state index in [4.69, 9.17) is 0 Å². The minimum atomic E-state index is -1.52. The quantitative estimate of drug-likeness (QED) is 0.630.